The number of amides is 2. The molecule has 1 saturated heterocycles. The first-order valence-electron chi connectivity index (χ1n) is 10.1. The first-order chi connectivity index (χ1) is 13.5. The number of aryl methyl sites for hydroxylation is 1. The lowest BCUT2D eigenvalue weighted by atomic mass is 10.0. The molecule has 3 rings (SSSR count). The van der Waals surface area contributed by atoms with Gasteiger partial charge in [-0.15, -0.1) is 11.3 Å². The maximum atomic E-state index is 12.7. The van der Waals surface area contributed by atoms with E-state index in [4.69, 9.17) is 0 Å². The van der Waals surface area contributed by atoms with Crippen molar-refractivity contribution >= 4 is 23.2 Å². The van der Waals surface area contributed by atoms with Crippen molar-refractivity contribution < 1.29 is 9.59 Å². The number of aromatic nitrogens is 1. The van der Waals surface area contributed by atoms with E-state index in [2.05, 4.69) is 36.3 Å². The van der Waals surface area contributed by atoms with Crippen LogP contribution in [0.2, 0.25) is 0 Å². The van der Waals surface area contributed by atoms with Crippen LogP contribution in [0.15, 0.2) is 29.8 Å². The molecule has 150 valence electrons. The maximum absolute atomic E-state index is 12.7. The van der Waals surface area contributed by atoms with Crippen LogP contribution in [-0.4, -0.2) is 34.3 Å². The Labute approximate surface area is 171 Å². The summed E-state index contributed by atoms with van der Waals surface area (Å²) in [5.41, 5.74) is 5.09. The van der Waals surface area contributed by atoms with Gasteiger partial charge in [0.15, 0.2) is 0 Å². The number of likely N-dealkylation sites (tertiary alicyclic amines) is 1. The summed E-state index contributed by atoms with van der Waals surface area (Å²) in [5.74, 6) is 0.422. The van der Waals surface area contributed by atoms with Crippen molar-refractivity contribution in [1.82, 2.24) is 15.2 Å². The summed E-state index contributed by atoms with van der Waals surface area (Å²) in [4.78, 5) is 32.4. The number of carbonyl (C=O) groups is 2. The number of nitrogens with one attached hydrogen (secondary N) is 1. The van der Waals surface area contributed by atoms with Crippen molar-refractivity contribution in [2.45, 2.75) is 59.0 Å². The lowest BCUT2D eigenvalue weighted by Gasteiger charge is -2.25. The molecule has 2 atom stereocenters. The zero-order valence-corrected chi connectivity index (χ0v) is 17.7. The Morgan fingerprint density at radius 2 is 2.07 bits per heavy atom. The van der Waals surface area contributed by atoms with Crippen molar-refractivity contribution in [3.63, 3.8) is 0 Å². The molecule has 0 bridgehead atoms. The van der Waals surface area contributed by atoms with E-state index in [1.54, 1.807) is 16.2 Å². The van der Waals surface area contributed by atoms with Crippen LogP contribution in [0.1, 0.15) is 50.8 Å². The monoisotopic (exact) mass is 399 g/mol. The lowest BCUT2D eigenvalue weighted by Crippen LogP contribution is -2.46. The minimum Gasteiger partial charge on any atom is -0.350 e. The summed E-state index contributed by atoms with van der Waals surface area (Å²) in [5, 5.41) is 3.02. The van der Waals surface area contributed by atoms with Gasteiger partial charge in [0, 0.05) is 19.5 Å². The highest BCUT2D eigenvalue weighted by Crippen LogP contribution is 2.27. The second-order valence-electron chi connectivity index (χ2n) is 7.64. The normalized spacial score (nSPS) is 17.5. The molecule has 0 spiro atoms. The van der Waals surface area contributed by atoms with E-state index in [-0.39, 0.29) is 17.9 Å². The van der Waals surface area contributed by atoms with Crippen LogP contribution in [0.25, 0.3) is 10.4 Å². The second kappa shape index (κ2) is 9.32. The molecule has 1 aliphatic heterocycles. The molecule has 5 nitrogen and oxygen atoms in total. The highest BCUT2D eigenvalue weighted by molar-refractivity contribution is 7.13. The van der Waals surface area contributed by atoms with Crippen molar-refractivity contribution in [2.75, 3.05) is 6.54 Å². The lowest BCUT2D eigenvalue weighted by molar-refractivity contribution is -0.139. The molecule has 1 aromatic heterocycles. The van der Waals surface area contributed by atoms with Crippen LogP contribution < -0.4 is 5.32 Å². The molecule has 1 aromatic carbocycles. The van der Waals surface area contributed by atoms with Gasteiger partial charge in [0.2, 0.25) is 11.8 Å². The first-order valence-corrected chi connectivity index (χ1v) is 10.9. The molecule has 0 radical (unpaired) electrons. The number of benzene rings is 1. The highest BCUT2D eigenvalue weighted by Gasteiger charge is 2.33. The molecule has 0 saturated carbocycles. The predicted octanol–water partition coefficient (Wildman–Crippen LogP) is 4.16. The zero-order valence-electron chi connectivity index (χ0n) is 16.9. The molecule has 28 heavy (non-hydrogen) atoms. The quantitative estimate of drug-likeness (QED) is 0.760. The first kappa shape index (κ1) is 20.5. The van der Waals surface area contributed by atoms with Crippen molar-refractivity contribution in [1.29, 1.82) is 0 Å². The van der Waals surface area contributed by atoms with Gasteiger partial charge in [0.05, 0.1) is 16.1 Å². The minimum absolute atomic E-state index is 0.0441. The SMILES string of the molecule is CC[C@@H](C)CC(=O)N1CCCC1C(=O)NCc1ccc(-c2scnc2C)cc1. The number of carbonyl (C=O) groups excluding carboxylic acids is 2. The van der Waals surface area contributed by atoms with E-state index >= 15 is 0 Å². The average molecular weight is 400 g/mol. The molecule has 1 fully saturated rings. The summed E-state index contributed by atoms with van der Waals surface area (Å²) in [6.07, 6.45) is 3.15. The zero-order chi connectivity index (χ0) is 20.1. The third-order valence-electron chi connectivity index (χ3n) is 5.52. The van der Waals surface area contributed by atoms with Crippen LogP contribution in [0.3, 0.4) is 0 Å². The van der Waals surface area contributed by atoms with Gasteiger partial charge in [-0.2, -0.15) is 0 Å². The summed E-state index contributed by atoms with van der Waals surface area (Å²) in [6.45, 7) is 7.35. The van der Waals surface area contributed by atoms with Crippen molar-refractivity contribution in [3.8, 4) is 10.4 Å². The van der Waals surface area contributed by atoms with E-state index < -0.39 is 0 Å². The van der Waals surface area contributed by atoms with E-state index in [1.807, 2.05) is 24.6 Å². The topological polar surface area (TPSA) is 62.3 Å². The summed E-state index contributed by atoms with van der Waals surface area (Å²) in [6, 6.07) is 7.89. The molecule has 1 unspecified atom stereocenters. The maximum Gasteiger partial charge on any atom is 0.243 e. The summed E-state index contributed by atoms with van der Waals surface area (Å²) in [7, 11) is 0. The van der Waals surface area contributed by atoms with E-state index in [9.17, 15) is 9.59 Å². The third kappa shape index (κ3) is 4.79. The number of nitrogens with zero attached hydrogens (tertiary/aromatic N) is 2. The Hall–Kier alpha value is -2.21. The van der Waals surface area contributed by atoms with Crippen LogP contribution in [0.4, 0.5) is 0 Å². The molecule has 0 aliphatic carbocycles. The summed E-state index contributed by atoms with van der Waals surface area (Å²) < 4.78 is 0. The fraction of sp³-hybridized carbons (Fsp3) is 0.500. The van der Waals surface area contributed by atoms with Gasteiger partial charge in [-0.1, -0.05) is 44.5 Å². The number of hydrogen-bond donors (Lipinski definition) is 1. The van der Waals surface area contributed by atoms with E-state index in [0.29, 0.717) is 25.4 Å². The predicted molar refractivity (Wildman–Crippen MR) is 113 cm³/mol. The molecule has 1 aliphatic rings. The van der Waals surface area contributed by atoms with E-state index in [1.165, 1.54) is 4.88 Å². The number of thiazole rings is 1. The van der Waals surface area contributed by atoms with Gasteiger partial charge in [-0.3, -0.25) is 9.59 Å². The standard InChI is InChI=1S/C22H29N3O2S/c1-4-15(2)12-20(26)25-11-5-6-19(25)22(27)23-13-17-7-9-18(10-8-17)21-16(3)24-14-28-21/h7-10,14-15,19H,4-6,11-13H2,1-3H3,(H,23,27)/t15-,19?/m1/s1. The molecule has 6 heteroatoms. The number of hydrogen-bond acceptors (Lipinski definition) is 4. The van der Waals surface area contributed by atoms with Crippen LogP contribution in [-0.2, 0) is 16.1 Å². The van der Waals surface area contributed by atoms with Gasteiger partial charge >= 0.3 is 0 Å². The largest absolute Gasteiger partial charge is 0.350 e. The Bertz CT molecular complexity index is 815. The van der Waals surface area contributed by atoms with Crippen molar-refractivity contribution in [3.05, 3.63) is 41.0 Å². The van der Waals surface area contributed by atoms with Crippen LogP contribution in [0, 0.1) is 12.8 Å². The number of rotatable bonds is 7. The third-order valence-corrected chi connectivity index (χ3v) is 6.50. The van der Waals surface area contributed by atoms with Crippen molar-refractivity contribution in [2.24, 2.45) is 5.92 Å². The van der Waals surface area contributed by atoms with Gasteiger partial charge < -0.3 is 10.2 Å². The molecule has 2 amide bonds. The Kier molecular flexibility index (Phi) is 6.83. The average Bonchev–Trinajstić information content (AvgIpc) is 3.35. The van der Waals surface area contributed by atoms with Gasteiger partial charge in [0.1, 0.15) is 6.04 Å². The molecule has 1 N–H and O–H groups in total. The Morgan fingerprint density at radius 1 is 1.32 bits per heavy atom. The highest BCUT2D eigenvalue weighted by atomic mass is 32.1. The summed E-state index contributed by atoms with van der Waals surface area (Å²) >= 11 is 1.63. The molecular formula is C22H29N3O2S. The molecule has 2 heterocycles. The Morgan fingerprint density at radius 3 is 2.71 bits per heavy atom. The van der Waals surface area contributed by atoms with Gasteiger partial charge in [-0.25, -0.2) is 4.98 Å². The molecule has 2 aromatic rings. The molecular weight excluding hydrogens is 370 g/mol. The van der Waals surface area contributed by atoms with Crippen LogP contribution >= 0.6 is 11.3 Å². The smallest absolute Gasteiger partial charge is 0.243 e. The van der Waals surface area contributed by atoms with E-state index in [0.717, 1.165) is 36.1 Å². The van der Waals surface area contributed by atoms with Gasteiger partial charge in [-0.05, 0) is 36.8 Å². The minimum atomic E-state index is -0.323. The fourth-order valence-corrected chi connectivity index (χ4v) is 4.37. The van der Waals surface area contributed by atoms with Crippen LogP contribution in [0.5, 0.6) is 0 Å². The second-order valence-corrected chi connectivity index (χ2v) is 8.50. The Balaban J connectivity index is 1.56. The van der Waals surface area contributed by atoms with Gasteiger partial charge in [0.25, 0.3) is 0 Å². The fourth-order valence-electron chi connectivity index (χ4n) is 3.56.